The van der Waals surface area contributed by atoms with Gasteiger partial charge in [0.2, 0.25) is 0 Å². The van der Waals surface area contributed by atoms with Crippen molar-refractivity contribution in [1.82, 2.24) is 5.48 Å². The largest absolute Gasteiger partial charge is 0.413 e. The zero-order valence-electron chi connectivity index (χ0n) is 9.52. The lowest BCUT2D eigenvalue weighted by atomic mass is 10.1. The molecule has 0 aliphatic carbocycles. The van der Waals surface area contributed by atoms with E-state index in [0.29, 0.717) is 22.0 Å². The molecule has 0 saturated heterocycles. The summed E-state index contributed by atoms with van der Waals surface area (Å²) in [6.07, 6.45) is -3.84. The smallest absolute Gasteiger partial charge is 0.292 e. The van der Waals surface area contributed by atoms with Gasteiger partial charge in [0.25, 0.3) is 0 Å². The van der Waals surface area contributed by atoms with Gasteiger partial charge in [-0.05, 0) is 24.1 Å². The van der Waals surface area contributed by atoms with Gasteiger partial charge in [-0.25, -0.2) is 0 Å². The highest BCUT2D eigenvalue weighted by molar-refractivity contribution is 6.35. The number of rotatable bonds is 5. The van der Waals surface area contributed by atoms with Crippen LogP contribution in [0.1, 0.15) is 24.9 Å². The summed E-state index contributed by atoms with van der Waals surface area (Å²) in [4.78, 5) is 4.42. The topological polar surface area (TPSA) is 21.3 Å². The molecule has 102 valence electrons. The first-order chi connectivity index (χ1) is 8.33. The predicted molar refractivity (Wildman–Crippen MR) is 64.6 cm³/mol. The van der Waals surface area contributed by atoms with Crippen molar-refractivity contribution < 1.29 is 18.0 Å². The van der Waals surface area contributed by atoms with Crippen molar-refractivity contribution in [2.24, 2.45) is 0 Å². The van der Waals surface area contributed by atoms with Crippen molar-refractivity contribution in [3.8, 4) is 0 Å². The summed E-state index contributed by atoms with van der Waals surface area (Å²) in [6.45, 7) is 0.453. The Morgan fingerprint density at radius 2 is 2.00 bits per heavy atom. The van der Waals surface area contributed by atoms with Crippen LogP contribution in [0, 0.1) is 0 Å². The number of hydrogen-bond donors (Lipinski definition) is 1. The van der Waals surface area contributed by atoms with Gasteiger partial charge in [0.15, 0.2) is 6.61 Å². The molecular weight excluding hydrogens is 290 g/mol. The number of alkyl halides is 3. The molecule has 0 aromatic heterocycles. The lowest BCUT2D eigenvalue weighted by Crippen LogP contribution is -2.28. The third kappa shape index (κ3) is 5.02. The summed E-state index contributed by atoms with van der Waals surface area (Å²) in [7, 11) is 0. The fourth-order valence-corrected chi connectivity index (χ4v) is 1.92. The number of hydrogen-bond acceptors (Lipinski definition) is 2. The number of benzene rings is 1. The SMILES string of the molecule is CCC(NOCC(F)(F)F)c1ccc(Cl)cc1Cl. The molecule has 0 radical (unpaired) electrons. The van der Waals surface area contributed by atoms with E-state index < -0.39 is 18.8 Å². The molecule has 1 aromatic carbocycles. The van der Waals surface area contributed by atoms with Gasteiger partial charge >= 0.3 is 6.18 Å². The van der Waals surface area contributed by atoms with Gasteiger partial charge in [0.1, 0.15) is 0 Å². The quantitative estimate of drug-likeness (QED) is 0.807. The average Bonchev–Trinajstić information content (AvgIpc) is 2.24. The summed E-state index contributed by atoms with van der Waals surface area (Å²) in [5.41, 5.74) is 3.00. The van der Waals surface area contributed by atoms with Crippen molar-refractivity contribution in [3.63, 3.8) is 0 Å². The zero-order chi connectivity index (χ0) is 13.8. The summed E-state index contributed by atoms with van der Waals surface area (Å²) < 4.78 is 35.8. The minimum Gasteiger partial charge on any atom is -0.292 e. The first kappa shape index (κ1) is 15.6. The van der Waals surface area contributed by atoms with Crippen LogP contribution < -0.4 is 5.48 Å². The summed E-state index contributed by atoms with van der Waals surface area (Å²) in [5.74, 6) is 0. The molecule has 0 aliphatic heterocycles. The lowest BCUT2D eigenvalue weighted by molar-refractivity contribution is -0.193. The summed E-state index contributed by atoms with van der Waals surface area (Å²) >= 11 is 11.7. The minimum atomic E-state index is -4.37. The van der Waals surface area contributed by atoms with Crippen LogP contribution in [0.4, 0.5) is 13.2 Å². The Morgan fingerprint density at radius 3 is 2.50 bits per heavy atom. The molecule has 1 N–H and O–H groups in total. The van der Waals surface area contributed by atoms with Crippen LogP contribution in [-0.2, 0) is 4.84 Å². The molecule has 0 amide bonds. The highest BCUT2D eigenvalue weighted by Crippen LogP contribution is 2.28. The van der Waals surface area contributed by atoms with Gasteiger partial charge < -0.3 is 0 Å². The standard InChI is InChI=1S/C11H12Cl2F3NO/c1-2-10(17-18-6-11(14,15)16)8-4-3-7(12)5-9(8)13/h3-5,10,17H,2,6H2,1H3. The van der Waals surface area contributed by atoms with Crippen LogP contribution in [0.2, 0.25) is 10.0 Å². The Morgan fingerprint density at radius 1 is 1.33 bits per heavy atom. The molecule has 0 bridgehead atoms. The first-order valence-electron chi connectivity index (χ1n) is 5.22. The predicted octanol–water partition coefficient (Wildman–Crippen LogP) is 4.53. The average molecular weight is 302 g/mol. The lowest BCUT2D eigenvalue weighted by Gasteiger charge is -2.19. The zero-order valence-corrected chi connectivity index (χ0v) is 11.0. The van der Waals surface area contributed by atoms with Gasteiger partial charge in [-0.3, -0.25) is 4.84 Å². The van der Waals surface area contributed by atoms with Crippen LogP contribution in [0.5, 0.6) is 0 Å². The number of halogens is 5. The van der Waals surface area contributed by atoms with Crippen LogP contribution in [-0.4, -0.2) is 12.8 Å². The molecule has 7 heteroatoms. The van der Waals surface area contributed by atoms with Crippen molar-refractivity contribution >= 4 is 23.2 Å². The van der Waals surface area contributed by atoms with E-state index >= 15 is 0 Å². The molecular formula is C11H12Cl2F3NO. The van der Waals surface area contributed by atoms with E-state index in [1.54, 1.807) is 19.1 Å². The number of hydroxylamine groups is 1. The Hall–Kier alpha value is -0.490. The molecule has 18 heavy (non-hydrogen) atoms. The van der Waals surface area contributed by atoms with Gasteiger partial charge in [-0.2, -0.15) is 18.7 Å². The second-order valence-corrected chi connectivity index (χ2v) is 4.49. The fourth-order valence-electron chi connectivity index (χ4n) is 1.37. The maximum Gasteiger partial charge on any atom is 0.413 e. The Balaban J connectivity index is 2.66. The van der Waals surface area contributed by atoms with Gasteiger partial charge in [0.05, 0.1) is 6.04 Å². The second-order valence-electron chi connectivity index (χ2n) is 3.65. The van der Waals surface area contributed by atoms with E-state index in [1.807, 2.05) is 0 Å². The van der Waals surface area contributed by atoms with E-state index in [4.69, 9.17) is 23.2 Å². The van der Waals surface area contributed by atoms with Crippen molar-refractivity contribution in [2.75, 3.05) is 6.61 Å². The molecule has 1 unspecified atom stereocenters. The van der Waals surface area contributed by atoms with Gasteiger partial charge in [0, 0.05) is 10.0 Å². The maximum absolute atomic E-state index is 11.9. The maximum atomic E-state index is 11.9. The van der Waals surface area contributed by atoms with Crippen LogP contribution >= 0.6 is 23.2 Å². The molecule has 0 spiro atoms. The van der Waals surface area contributed by atoms with Crippen molar-refractivity contribution in [1.29, 1.82) is 0 Å². The Labute approximate surface area is 113 Å². The number of nitrogens with one attached hydrogen (secondary N) is 1. The molecule has 2 nitrogen and oxygen atoms in total. The van der Waals surface area contributed by atoms with Gasteiger partial charge in [-0.15, -0.1) is 0 Å². The van der Waals surface area contributed by atoms with Crippen LogP contribution in [0.25, 0.3) is 0 Å². The summed E-state index contributed by atoms with van der Waals surface area (Å²) in [6, 6.07) is 4.39. The van der Waals surface area contributed by atoms with Crippen LogP contribution in [0.15, 0.2) is 18.2 Å². The summed E-state index contributed by atoms with van der Waals surface area (Å²) in [5, 5.41) is 0.854. The van der Waals surface area contributed by atoms with E-state index in [2.05, 4.69) is 10.3 Å². The molecule has 1 aromatic rings. The van der Waals surface area contributed by atoms with Crippen LogP contribution in [0.3, 0.4) is 0 Å². The molecule has 0 aliphatic rings. The van der Waals surface area contributed by atoms with E-state index in [0.717, 1.165) is 0 Å². The molecule has 1 rings (SSSR count). The van der Waals surface area contributed by atoms with Gasteiger partial charge in [-0.1, -0.05) is 36.2 Å². The minimum absolute atomic E-state index is 0.387. The molecule has 0 saturated carbocycles. The van der Waals surface area contributed by atoms with E-state index in [9.17, 15) is 13.2 Å². The first-order valence-corrected chi connectivity index (χ1v) is 5.98. The molecule has 0 heterocycles. The van der Waals surface area contributed by atoms with E-state index in [1.165, 1.54) is 6.07 Å². The third-order valence-corrected chi connectivity index (χ3v) is 2.77. The molecule has 0 fully saturated rings. The molecule has 1 atom stereocenters. The second kappa shape index (κ2) is 6.61. The van der Waals surface area contributed by atoms with Crippen molar-refractivity contribution in [3.05, 3.63) is 33.8 Å². The highest BCUT2D eigenvalue weighted by atomic mass is 35.5. The van der Waals surface area contributed by atoms with Crippen molar-refractivity contribution in [2.45, 2.75) is 25.6 Å². The normalized spacial score (nSPS) is 13.7. The Bertz CT molecular complexity index is 398. The fraction of sp³-hybridized carbons (Fsp3) is 0.455. The highest BCUT2D eigenvalue weighted by Gasteiger charge is 2.28. The van der Waals surface area contributed by atoms with E-state index in [-0.39, 0.29) is 0 Å². The Kier molecular flexibility index (Phi) is 5.72. The third-order valence-electron chi connectivity index (χ3n) is 2.21. The monoisotopic (exact) mass is 301 g/mol.